The third-order valence-corrected chi connectivity index (χ3v) is 3.10. The maximum Gasteiger partial charge on any atom is 0.152 e. The molecule has 0 saturated carbocycles. The highest BCUT2D eigenvalue weighted by Gasteiger charge is 2.33. The van der Waals surface area contributed by atoms with Gasteiger partial charge in [-0.1, -0.05) is 0 Å². The molecule has 1 aliphatic heterocycles. The number of rotatable bonds is 2. The molecule has 2 heterocycles. The van der Waals surface area contributed by atoms with E-state index in [2.05, 4.69) is 28.7 Å². The van der Waals surface area contributed by atoms with Crippen molar-refractivity contribution in [3.63, 3.8) is 0 Å². The van der Waals surface area contributed by atoms with E-state index in [0.717, 1.165) is 18.1 Å². The molecule has 1 saturated heterocycles. The first-order chi connectivity index (χ1) is 7.15. The van der Waals surface area contributed by atoms with Crippen LogP contribution in [0.3, 0.4) is 0 Å². The van der Waals surface area contributed by atoms with Crippen LogP contribution in [0.1, 0.15) is 32.4 Å². The summed E-state index contributed by atoms with van der Waals surface area (Å²) >= 11 is 0. The van der Waals surface area contributed by atoms with Gasteiger partial charge in [0.25, 0.3) is 0 Å². The molecule has 0 spiro atoms. The molecular formula is C11H18N4. The fraction of sp³-hybridized carbons (Fsp3) is 0.636. The Kier molecular flexibility index (Phi) is 2.61. The largest absolute Gasteiger partial charge is 0.350 e. The van der Waals surface area contributed by atoms with Crippen LogP contribution in [0.15, 0.2) is 12.4 Å². The highest BCUT2D eigenvalue weighted by molar-refractivity contribution is 5.47. The van der Waals surface area contributed by atoms with Crippen LogP contribution in [-0.2, 0) is 6.54 Å². The quantitative estimate of drug-likeness (QED) is 0.792. The second-order valence-corrected chi connectivity index (χ2v) is 4.60. The summed E-state index contributed by atoms with van der Waals surface area (Å²) in [6.07, 6.45) is 5.86. The van der Waals surface area contributed by atoms with E-state index in [1.165, 1.54) is 12.8 Å². The van der Waals surface area contributed by atoms with Crippen LogP contribution in [0.4, 0.5) is 5.82 Å². The van der Waals surface area contributed by atoms with Gasteiger partial charge in [-0.3, -0.25) is 4.98 Å². The molecule has 1 fully saturated rings. The van der Waals surface area contributed by atoms with Crippen molar-refractivity contribution in [3.8, 4) is 0 Å². The highest BCUT2D eigenvalue weighted by atomic mass is 15.3. The van der Waals surface area contributed by atoms with Gasteiger partial charge in [0.2, 0.25) is 0 Å². The number of aromatic nitrogens is 2. The Morgan fingerprint density at radius 3 is 2.73 bits per heavy atom. The summed E-state index contributed by atoms with van der Waals surface area (Å²) in [4.78, 5) is 11.0. The molecule has 0 unspecified atom stereocenters. The topological polar surface area (TPSA) is 55.0 Å². The molecule has 1 aliphatic rings. The number of hydrogen-bond donors (Lipinski definition) is 1. The maximum absolute atomic E-state index is 5.68. The summed E-state index contributed by atoms with van der Waals surface area (Å²) in [5.41, 5.74) is 6.75. The van der Waals surface area contributed by atoms with Crippen molar-refractivity contribution >= 4 is 5.82 Å². The minimum atomic E-state index is 0.181. The van der Waals surface area contributed by atoms with E-state index in [1.807, 2.05) is 0 Å². The number of hydrogen-bond acceptors (Lipinski definition) is 4. The van der Waals surface area contributed by atoms with Gasteiger partial charge in [0.1, 0.15) is 0 Å². The zero-order valence-corrected chi connectivity index (χ0v) is 9.40. The molecule has 82 valence electrons. The standard InChI is InChI=1S/C11H18N4/c1-11(2)4-3-7-15(11)10-9(8-12)13-5-6-14-10/h5-6H,3-4,7-8,12H2,1-2H3. The van der Waals surface area contributed by atoms with Crippen LogP contribution in [0.25, 0.3) is 0 Å². The Morgan fingerprint density at radius 2 is 2.13 bits per heavy atom. The van der Waals surface area contributed by atoms with E-state index < -0.39 is 0 Å². The Labute approximate surface area is 90.5 Å². The molecule has 2 N–H and O–H groups in total. The summed E-state index contributed by atoms with van der Waals surface area (Å²) < 4.78 is 0. The molecule has 0 atom stereocenters. The Balaban J connectivity index is 2.36. The van der Waals surface area contributed by atoms with E-state index in [4.69, 9.17) is 5.73 Å². The van der Waals surface area contributed by atoms with Gasteiger partial charge in [0, 0.05) is 31.0 Å². The van der Waals surface area contributed by atoms with E-state index >= 15 is 0 Å². The molecule has 4 nitrogen and oxygen atoms in total. The van der Waals surface area contributed by atoms with Gasteiger partial charge in [0.05, 0.1) is 5.69 Å². The summed E-state index contributed by atoms with van der Waals surface area (Å²) in [5, 5.41) is 0. The lowest BCUT2D eigenvalue weighted by molar-refractivity contribution is 0.512. The molecule has 0 bridgehead atoms. The average Bonchev–Trinajstić information content (AvgIpc) is 2.58. The monoisotopic (exact) mass is 206 g/mol. The predicted molar refractivity (Wildman–Crippen MR) is 60.6 cm³/mol. The number of nitrogens with two attached hydrogens (primary N) is 1. The van der Waals surface area contributed by atoms with Crippen LogP contribution in [0.5, 0.6) is 0 Å². The van der Waals surface area contributed by atoms with Crippen molar-refractivity contribution < 1.29 is 0 Å². The van der Waals surface area contributed by atoms with Crippen LogP contribution < -0.4 is 10.6 Å². The minimum absolute atomic E-state index is 0.181. The van der Waals surface area contributed by atoms with Gasteiger partial charge in [-0.2, -0.15) is 0 Å². The summed E-state index contributed by atoms with van der Waals surface area (Å²) in [6.45, 7) is 6.00. The van der Waals surface area contributed by atoms with E-state index in [9.17, 15) is 0 Å². The smallest absolute Gasteiger partial charge is 0.152 e. The highest BCUT2D eigenvalue weighted by Crippen LogP contribution is 2.33. The van der Waals surface area contributed by atoms with Crippen molar-refractivity contribution in [1.29, 1.82) is 0 Å². The van der Waals surface area contributed by atoms with E-state index in [-0.39, 0.29) is 5.54 Å². The molecule has 0 radical (unpaired) electrons. The molecule has 0 aliphatic carbocycles. The fourth-order valence-corrected chi connectivity index (χ4v) is 2.23. The van der Waals surface area contributed by atoms with Gasteiger partial charge in [0.15, 0.2) is 5.82 Å². The van der Waals surface area contributed by atoms with E-state index in [0.29, 0.717) is 6.54 Å². The predicted octanol–water partition coefficient (Wildman–Crippen LogP) is 1.31. The van der Waals surface area contributed by atoms with Crippen molar-refractivity contribution in [2.45, 2.75) is 38.8 Å². The first kappa shape index (κ1) is 10.4. The molecule has 0 amide bonds. The molecule has 2 rings (SSSR count). The van der Waals surface area contributed by atoms with Gasteiger partial charge >= 0.3 is 0 Å². The molecule has 4 heteroatoms. The molecular weight excluding hydrogens is 188 g/mol. The Bertz CT molecular complexity index is 348. The molecule has 1 aromatic rings. The molecule has 0 aromatic carbocycles. The lowest BCUT2D eigenvalue weighted by Crippen LogP contribution is -2.39. The lowest BCUT2D eigenvalue weighted by atomic mass is 10.0. The minimum Gasteiger partial charge on any atom is -0.350 e. The van der Waals surface area contributed by atoms with Crippen molar-refractivity contribution in [1.82, 2.24) is 9.97 Å². The normalized spacial score (nSPS) is 19.5. The third kappa shape index (κ3) is 1.81. The second-order valence-electron chi connectivity index (χ2n) is 4.60. The van der Waals surface area contributed by atoms with Gasteiger partial charge in [-0.25, -0.2) is 4.98 Å². The van der Waals surface area contributed by atoms with E-state index in [1.54, 1.807) is 12.4 Å². The average molecular weight is 206 g/mol. The number of anilines is 1. The second kappa shape index (κ2) is 3.77. The van der Waals surface area contributed by atoms with Gasteiger partial charge in [-0.05, 0) is 26.7 Å². The van der Waals surface area contributed by atoms with Gasteiger partial charge in [-0.15, -0.1) is 0 Å². The van der Waals surface area contributed by atoms with Crippen molar-refractivity contribution in [2.75, 3.05) is 11.4 Å². The van der Waals surface area contributed by atoms with Crippen LogP contribution in [0, 0.1) is 0 Å². The zero-order valence-electron chi connectivity index (χ0n) is 9.40. The summed E-state index contributed by atoms with van der Waals surface area (Å²) in [6, 6.07) is 0. The Hall–Kier alpha value is -1.16. The molecule has 1 aromatic heterocycles. The van der Waals surface area contributed by atoms with Crippen molar-refractivity contribution in [2.24, 2.45) is 5.73 Å². The summed E-state index contributed by atoms with van der Waals surface area (Å²) in [5.74, 6) is 0.961. The van der Waals surface area contributed by atoms with Crippen LogP contribution in [-0.4, -0.2) is 22.1 Å². The molecule has 15 heavy (non-hydrogen) atoms. The summed E-state index contributed by atoms with van der Waals surface area (Å²) in [7, 11) is 0. The van der Waals surface area contributed by atoms with Crippen LogP contribution in [0.2, 0.25) is 0 Å². The first-order valence-electron chi connectivity index (χ1n) is 5.43. The zero-order chi connectivity index (χ0) is 10.9. The number of nitrogens with zero attached hydrogens (tertiary/aromatic N) is 3. The van der Waals surface area contributed by atoms with Gasteiger partial charge < -0.3 is 10.6 Å². The lowest BCUT2D eigenvalue weighted by Gasteiger charge is -2.33. The SMILES string of the molecule is CC1(C)CCCN1c1nccnc1CN. The maximum atomic E-state index is 5.68. The first-order valence-corrected chi connectivity index (χ1v) is 5.43. The van der Waals surface area contributed by atoms with Crippen LogP contribution >= 0.6 is 0 Å². The van der Waals surface area contributed by atoms with Crippen molar-refractivity contribution in [3.05, 3.63) is 18.1 Å². The third-order valence-electron chi connectivity index (χ3n) is 3.10. The fourth-order valence-electron chi connectivity index (χ4n) is 2.23. The Morgan fingerprint density at radius 1 is 1.40 bits per heavy atom.